The molecule has 2 N–H and O–H groups in total. The molecular weight excluding hydrogens is 476 g/mol. The Morgan fingerprint density at radius 2 is 2.07 bits per heavy atom. The number of carbonyl (C=O) groups is 1. The second kappa shape index (κ2) is 7.94. The fraction of sp³-hybridized carbons (Fsp3) is 0.524. The van der Waals surface area contributed by atoms with Crippen molar-refractivity contribution in [2.45, 2.75) is 37.8 Å². The van der Waals surface area contributed by atoms with Crippen LogP contribution in [0.5, 0.6) is 5.75 Å². The Balaban J connectivity index is 0.00000218. The van der Waals surface area contributed by atoms with Gasteiger partial charge in [-0.05, 0) is 44.2 Å². The molecule has 7 nitrogen and oxygen atoms in total. The van der Waals surface area contributed by atoms with Gasteiger partial charge in [0, 0.05) is 51.5 Å². The van der Waals surface area contributed by atoms with E-state index in [-0.39, 0.29) is 37.1 Å². The van der Waals surface area contributed by atoms with Crippen molar-refractivity contribution in [3.05, 3.63) is 33.9 Å². The molecule has 1 aromatic heterocycles. The molecule has 2 aromatic rings. The molecule has 30 heavy (non-hydrogen) atoms. The van der Waals surface area contributed by atoms with Crippen LogP contribution in [-0.2, 0) is 20.1 Å². The molecule has 3 fully saturated rings. The van der Waals surface area contributed by atoms with Gasteiger partial charge in [-0.25, -0.2) is 9.18 Å². The second-order valence-electron chi connectivity index (χ2n) is 8.32. The normalized spacial score (nSPS) is 23.2. The third-order valence-corrected chi connectivity index (χ3v) is 6.49. The van der Waals surface area contributed by atoms with Crippen molar-refractivity contribution in [1.82, 2.24) is 9.88 Å². The summed E-state index contributed by atoms with van der Waals surface area (Å²) in [4.78, 5) is 26.4. The van der Waals surface area contributed by atoms with Gasteiger partial charge in [-0.15, -0.1) is 0 Å². The summed E-state index contributed by atoms with van der Waals surface area (Å²) >= 11 is 0. The van der Waals surface area contributed by atoms with E-state index in [0.717, 1.165) is 38.8 Å². The van der Waals surface area contributed by atoms with Crippen LogP contribution in [0.2, 0.25) is 0 Å². The number of carboxylic acid groups (broad SMARTS) is 1. The average Bonchev–Trinajstić information content (AvgIpc) is 3.45. The topological polar surface area (TPSA) is 83.8 Å². The minimum atomic E-state index is -1.30. The first-order valence-electron chi connectivity index (χ1n) is 10.2. The van der Waals surface area contributed by atoms with Gasteiger partial charge in [0.1, 0.15) is 11.3 Å². The molecule has 9 heteroatoms. The molecule has 3 aliphatic rings. The van der Waals surface area contributed by atoms with Crippen LogP contribution in [-0.4, -0.2) is 48.4 Å². The van der Waals surface area contributed by atoms with Crippen molar-refractivity contribution in [2.75, 3.05) is 31.6 Å². The van der Waals surface area contributed by atoms with Crippen molar-refractivity contribution in [3.63, 3.8) is 0 Å². The summed E-state index contributed by atoms with van der Waals surface area (Å²) < 4.78 is 22.8. The quantitative estimate of drug-likeness (QED) is 0.671. The monoisotopic (exact) mass is 500 g/mol. The van der Waals surface area contributed by atoms with E-state index < -0.39 is 17.2 Å². The number of anilines is 1. The minimum absolute atomic E-state index is 0. The first kappa shape index (κ1) is 21.3. The molecule has 2 aliphatic heterocycles. The SMILES string of the molecule is COc1c(N2C[C@@H]3CCCN[C@@H]3C2)c(F)cc2c(=O)c(C(=O)O)cn(C3CC3)c12.[99Tc]. The van der Waals surface area contributed by atoms with Crippen molar-refractivity contribution in [3.8, 4) is 5.75 Å². The summed E-state index contributed by atoms with van der Waals surface area (Å²) in [7, 11) is 1.48. The van der Waals surface area contributed by atoms with E-state index >= 15 is 4.39 Å². The van der Waals surface area contributed by atoms with Crippen LogP contribution < -0.4 is 20.4 Å². The maximum Gasteiger partial charge on any atom is 0.341 e. The zero-order valence-corrected chi connectivity index (χ0v) is 18.5. The van der Waals surface area contributed by atoms with Gasteiger partial charge in [-0.2, -0.15) is 0 Å². The predicted molar refractivity (Wildman–Crippen MR) is 107 cm³/mol. The number of methoxy groups -OCH3 is 1. The summed E-state index contributed by atoms with van der Waals surface area (Å²) in [5.74, 6) is -1.07. The molecule has 161 valence electrons. The molecule has 3 heterocycles. The first-order valence-corrected chi connectivity index (χ1v) is 10.2. The molecule has 0 bridgehead atoms. The molecule has 1 aromatic carbocycles. The van der Waals surface area contributed by atoms with Crippen molar-refractivity contribution < 1.29 is 39.1 Å². The third-order valence-electron chi connectivity index (χ3n) is 6.49. The van der Waals surface area contributed by atoms with E-state index in [9.17, 15) is 14.7 Å². The maximum absolute atomic E-state index is 15.3. The number of benzene rings is 1. The van der Waals surface area contributed by atoms with E-state index in [0.29, 0.717) is 35.5 Å². The number of nitrogens with zero attached hydrogens (tertiary/aromatic N) is 2. The molecule has 5 rings (SSSR count). The number of nitrogens with one attached hydrogen (secondary N) is 1. The maximum atomic E-state index is 15.3. The van der Waals surface area contributed by atoms with Crippen LogP contribution in [0.4, 0.5) is 10.1 Å². The zero-order chi connectivity index (χ0) is 20.3. The fourth-order valence-electron chi connectivity index (χ4n) is 4.95. The molecular formula is C21H24FN3O4Tc. The summed E-state index contributed by atoms with van der Waals surface area (Å²) in [5.41, 5.74) is -0.155. The molecule has 2 atom stereocenters. The van der Waals surface area contributed by atoms with Crippen LogP contribution in [0, 0.1) is 11.7 Å². The number of rotatable bonds is 4. The minimum Gasteiger partial charge on any atom is -0.492 e. The summed E-state index contributed by atoms with van der Waals surface area (Å²) in [6.45, 7) is 2.40. The second-order valence-corrected chi connectivity index (χ2v) is 8.32. The van der Waals surface area contributed by atoms with Gasteiger partial charge < -0.3 is 24.6 Å². The van der Waals surface area contributed by atoms with E-state index in [1.807, 2.05) is 4.90 Å². The number of piperidine rings is 1. The molecule has 2 saturated heterocycles. The Morgan fingerprint density at radius 1 is 1.30 bits per heavy atom. The van der Waals surface area contributed by atoms with E-state index in [4.69, 9.17) is 4.74 Å². The van der Waals surface area contributed by atoms with Gasteiger partial charge in [0.05, 0.1) is 18.0 Å². The number of hydrogen-bond acceptors (Lipinski definition) is 5. The number of pyridine rings is 1. The van der Waals surface area contributed by atoms with Crippen LogP contribution in [0.1, 0.15) is 42.1 Å². The van der Waals surface area contributed by atoms with Gasteiger partial charge in [0.15, 0.2) is 11.6 Å². The fourth-order valence-corrected chi connectivity index (χ4v) is 4.95. The van der Waals surface area contributed by atoms with Crippen LogP contribution in [0.25, 0.3) is 10.9 Å². The summed E-state index contributed by atoms with van der Waals surface area (Å²) in [5, 5.41) is 13.0. The number of hydrogen-bond donors (Lipinski definition) is 2. The Labute approximate surface area is 186 Å². The Morgan fingerprint density at radius 3 is 2.70 bits per heavy atom. The van der Waals surface area contributed by atoms with Crippen LogP contribution in [0.3, 0.4) is 0 Å². The van der Waals surface area contributed by atoms with Crippen molar-refractivity contribution in [2.24, 2.45) is 5.92 Å². The van der Waals surface area contributed by atoms with Crippen LogP contribution >= 0.6 is 0 Å². The average molecular weight is 500 g/mol. The van der Waals surface area contributed by atoms with Gasteiger partial charge in [-0.1, -0.05) is 0 Å². The molecule has 0 unspecified atom stereocenters. The molecule has 0 amide bonds. The number of halogens is 1. The summed E-state index contributed by atoms with van der Waals surface area (Å²) in [6, 6.07) is 1.62. The zero-order valence-electron chi connectivity index (χ0n) is 16.7. The molecule has 1 saturated carbocycles. The van der Waals surface area contributed by atoms with Crippen LogP contribution in [0.15, 0.2) is 17.1 Å². The molecule has 1 radical (unpaired) electrons. The third kappa shape index (κ3) is 3.33. The number of aromatic carboxylic acids is 1. The molecule has 0 spiro atoms. The number of aromatic nitrogens is 1. The standard InChI is InChI=1S/C21H24FN3O4.Tc/c1-29-20-17-13(19(26)14(21(27)28)9-25(17)12-4-5-12)7-15(22)18(20)24-8-11-3-2-6-23-16(11)10-24;/h7,9,11-12,16,23H,2-6,8,10H2,1H3,(H,27,28);/t11-,16+;/m0./s1/i;1+1. The van der Waals surface area contributed by atoms with Gasteiger partial charge in [0.2, 0.25) is 5.43 Å². The van der Waals surface area contributed by atoms with E-state index in [2.05, 4.69) is 5.32 Å². The van der Waals surface area contributed by atoms with Gasteiger partial charge >= 0.3 is 5.97 Å². The largest absolute Gasteiger partial charge is 0.492 e. The first-order chi connectivity index (χ1) is 14.0. The smallest absolute Gasteiger partial charge is 0.341 e. The number of ether oxygens (including phenoxy) is 1. The van der Waals surface area contributed by atoms with E-state index in [1.54, 1.807) is 4.57 Å². The Hall–Kier alpha value is -1.96. The van der Waals surface area contributed by atoms with Crippen molar-refractivity contribution >= 4 is 22.6 Å². The predicted octanol–water partition coefficient (Wildman–Crippen LogP) is 2.37. The van der Waals surface area contributed by atoms with Crippen molar-refractivity contribution in [1.29, 1.82) is 0 Å². The number of fused-ring (bicyclic) bond motifs is 2. The Bertz CT molecular complexity index is 1050. The molecule has 1 aliphatic carbocycles. The van der Waals surface area contributed by atoms with Gasteiger partial charge in [0.25, 0.3) is 0 Å². The Kier molecular flexibility index (Phi) is 5.63. The summed E-state index contributed by atoms with van der Waals surface area (Å²) in [6.07, 6.45) is 5.40. The van der Waals surface area contributed by atoms with E-state index in [1.165, 1.54) is 19.4 Å². The van der Waals surface area contributed by atoms with Gasteiger partial charge in [-0.3, -0.25) is 4.79 Å². The number of carboxylic acids is 1.